The van der Waals surface area contributed by atoms with Gasteiger partial charge in [-0.1, -0.05) is 71.9 Å². The van der Waals surface area contributed by atoms with E-state index in [-0.39, 0.29) is 11.9 Å². The van der Waals surface area contributed by atoms with E-state index >= 15 is 0 Å². The summed E-state index contributed by atoms with van der Waals surface area (Å²) in [6.07, 6.45) is 4.05. The van der Waals surface area contributed by atoms with Gasteiger partial charge in [0.05, 0.1) is 6.04 Å². The average Bonchev–Trinajstić information content (AvgIpc) is 2.88. The number of nitrogens with one attached hydrogen (secondary N) is 1. The van der Waals surface area contributed by atoms with Gasteiger partial charge in [-0.05, 0) is 67.3 Å². The second-order valence-electron chi connectivity index (χ2n) is 11.7. The van der Waals surface area contributed by atoms with Crippen molar-refractivity contribution in [2.75, 3.05) is 24.5 Å². The van der Waals surface area contributed by atoms with Gasteiger partial charge in [-0.15, -0.1) is 0 Å². The Morgan fingerprint density at radius 1 is 0.946 bits per heavy atom. The maximum absolute atomic E-state index is 13.4. The summed E-state index contributed by atoms with van der Waals surface area (Å²) in [5, 5.41) is 3.51. The average molecular weight is 508 g/mol. The van der Waals surface area contributed by atoms with Crippen molar-refractivity contribution in [2.24, 2.45) is 11.8 Å². The van der Waals surface area contributed by atoms with Crippen LogP contribution in [-0.2, 0) is 11.4 Å². The summed E-state index contributed by atoms with van der Waals surface area (Å²) in [4.78, 5) is 18.0. The van der Waals surface area contributed by atoms with Gasteiger partial charge in [0.25, 0.3) is 0 Å². The van der Waals surface area contributed by atoms with E-state index in [1.54, 1.807) is 0 Å². The molecule has 0 aliphatic carbocycles. The molecule has 1 aliphatic heterocycles. The van der Waals surface area contributed by atoms with Crippen molar-refractivity contribution in [3.63, 3.8) is 0 Å². The van der Waals surface area contributed by atoms with Gasteiger partial charge in [0.15, 0.2) is 0 Å². The van der Waals surface area contributed by atoms with E-state index in [2.05, 4.69) is 93.1 Å². The minimum atomic E-state index is -0.0861. The molecule has 1 unspecified atom stereocenters. The number of hydrogen-bond acceptors (Lipinski definition) is 4. The molecule has 1 amide bonds. The third kappa shape index (κ3) is 9.37. The SMILES string of the molecule is CC(C)CCN(c1ccc(OCc2ccccc2)cc1)C1CCN(C(=O)C(CC(C)C)NC(C)C)CC1. The predicted molar refractivity (Wildman–Crippen MR) is 155 cm³/mol. The van der Waals surface area contributed by atoms with Crippen molar-refractivity contribution in [1.29, 1.82) is 0 Å². The molecule has 5 heteroatoms. The van der Waals surface area contributed by atoms with Gasteiger partial charge >= 0.3 is 0 Å². The van der Waals surface area contributed by atoms with Crippen LogP contribution in [0.5, 0.6) is 5.75 Å². The van der Waals surface area contributed by atoms with E-state index in [0.29, 0.717) is 30.5 Å². The number of ether oxygens (including phenoxy) is 1. The Kier molecular flexibility index (Phi) is 11.3. The normalized spacial score (nSPS) is 15.4. The molecule has 0 saturated carbocycles. The van der Waals surface area contributed by atoms with E-state index in [1.807, 2.05) is 18.2 Å². The van der Waals surface area contributed by atoms with Gasteiger partial charge in [0.1, 0.15) is 12.4 Å². The molecule has 37 heavy (non-hydrogen) atoms. The third-order valence-electron chi connectivity index (χ3n) is 7.12. The monoisotopic (exact) mass is 507 g/mol. The molecule has 2 aromatic rings. The van der Waals surface area contributed by atoms with Crippen LogP contribution < -0.4 is 15.0 Å². The first-order valence-electron chi connectivity index (χ1n) is 14.3. The first-order chi connectivity index (χ1) is 17.7. The molecule has 1 heterocycles. The van der Waals surface area contributed by atoms with Crippen LogP contribution in [0.4, 0.5) is 5.69 Å². The third-order valence-corrected chi connectivity index (χ3v) is 7.12. The van der Waals surface area contributed by atoms with Crippen LogP contribution in [-0.4, -0.2) is 48.6 Å². The zero-order valence-electron chi connectivity index (χ0n) is 24.0. The molecule has 1 fully saturated rings. The number of benzene rings is 2. The lowest BCUT2D eigenvalue weighted by Crippen LogP contribution is -2.53. The summed E-state index contributed by atoms with van der Waals surface area (Å²) in [7, 11) is 0. The van der Waals surface area contributed by atoms with Crippen LogP contribution in [0.2, 0.25) is 0 Å². The molecule has 3 rings (SSSR count). The fourth-order valence-corrected chi connectivity index (χ4v) is 5.13. The van der Waals surface area contributed by atoms with Gasteiger partial charge in [0.2, 0.25) is 5.91 Å². The molecule has 1 atom stereocenters. The second kappa shape index (κ2) is 14.4. The number of likely N-dealkylation sites (tertiary alicyclic amines) is 1. The number of nitrogens with zero attached hydrogens (tertiary/aromatic N) is 2. The summed E-state index contributed by atoms with van der Waals surface area (Å²) >= 11 is 0. The van der Waals surface area contributed by atoms with E-state index in [1.165, 1.54) is 11.3 Å². The molecular formula is C32H49N3O2. The van der Waals surface area contributed by atoms with E-state index in [9.17, 15) is 4.79 Å². The summed E-state index contributed by atoms with van der Waals surface area (Å²) in [5.74, 6) is 2.31. The summed E-state index contributed by atoms with van der Waals surface area (Å²) < 4.78 is 6.02. The van der Waals surface area contributed by atoms with Gasteiger partial charge in [0, 0.05) is 37.4 Å². The number of rotatable bonds is 13. The van der Waals surface area contributed by atoms with Crippen molar-refractivity contribution in [3.8, 4) is 5.75 Å². The van der Waals surface area contributed by atoms with Crippen LogP contribution in [0.25, 0.3) is 0 Å². The van der Waals surface area contributed by atoms with Gasteiger partial charge in [-0.3, -0.25) is 4.79 Å². The van der Waals surface area contributed by atoms with E-state index in [4.69, 9.17) is 4.74 Å². The minimum Gasteiger partial charge on any atom is -0.489 e. The lowest BCUT2D eigenvalue weighted by molar-refractivity contribution is -0.135. The fourth-order valence-electron chi connectivity index (χ4n) is 5.13. The number of hydrogen-bond donors (Lipinski definition) is 1. The highest BCUT2D eigenvalue weighted by atomic mass is 16.5. The maximum Gasteiger partial charge on any atom is 0.239 e. The second-order valence-corrected chi connectivity index (χ2v) is 11.7. The minimum absolute atomic E-state index is 0.0861. The summed E-state index contributed by atoms with van der Waals surface area (Å²) in [5.41, 5.74) is 2.42. The van der Waals surface area contributed by atoms with Gasteiger partial charge in [-0.2, -0.15) is 0 Å². The zero-order valence-corrected chi connectivity index (χ0v) is 24.0. The number of amides is 1. The molecule has 0 bridgehead atoms. The topological polar surface area (TPSA) is 44.8 Å². The number of anilines is 1. The Morgan fingerprint density at radius 3 is 2.16 bits per heavy atom. The number of piperidine rings is 1. The first-order valence-corrected chi connectivity index (χ1v) is 14.3. The molecule has 5 nitrogen and oxygen atoms in total. The van der Waals surface area contributed by atoms with Crippen molar-refractivity contribution in [2.45, 2.75) is 92.0 Å². The van der Waals surface area contributed by atoms with Crippen LogP contribution in [0.15, 0.2) is 54.6 Å². The Morgan fingerprint density at radius 2 is 1.59 bits per heavy atom. The quantitative estimate of drug-likeness (QED) is 0.335. The molecule has 1 N–H and O–H groups in total. The Balaban J connectivity index is 1.63. The molecule has 0 spiro atoms. The molecule has 0 radical (unpaired) electrons. The van der Waals surface area contributed by atoms with Crippen molar-refractivity contribution in [1.82, 2.24) is 10.2 Å². The van der Waals surface area contributed by atoms with Crippen LogP contribution in [0.3, 0.4) is 0 Å². The smallest absolute Gasteiger partial charge is 0.239 e. The largest absolute Gasteiger partial charge is 0.489 e. The lowest BCUT2D eigenvalue weighted by Gasteiger charge is -2.41. The van der Waals surface area contributed by atoms with Crippen LogP contribution >= 0.6 is 0 Å². The zero-order chi connectivity index (χ0) is 26.8. The standard InChI is InChI=1S/C32H49N3O2/c1-24(2)16-21-35(28-12-14-30(15-13-28)37-23-27-10-8-7-9-11-27)29-17-19-34(20-18-29)32(36)31(22-25(3)4)33-26(5)6/h7-15,24-26,29,31,33H,16-23H2,1-6H3. The highest BCUT2D eigenvalue weighted by Gasteiger charge is 2.31. The molecular weight excluding hydrogens is 458 g/mol. The van der Waals surface area contributed by atoms with Crippen molar-refractivity contribution in [3.05, 3.63) is 60.2 Å². The Bertz CT molecular complexity index is 909. The first kappa shape index (κ1) is 29.0. The predicted octanol–water partition coefficient (Wildman–Crippen LogP) is 6.52. The van der Waals surface area contributed by atoms with E-state index < -0.39 is 0 Å². The van der Waals surface area contributed by atoms with Crippen LogP contribution in [0, 0.1) is 11.8 Å². The highest BCUT2D eigenvalue weighted by Crippen LogP contribution is 2.27. The molecule has 204 valence electrons. The molecule has 1 saturated heterocycles. The molecule has 1 aliphatic rings. The Labute approximate surface area is 225 Å². The number of carbonyl (C=O) groups excluding carboxylic acids is 1. The summed E-state index contributed by atoms with van der Waals surface area (Å²) in [6, 6.07) is 19.5. The molecule has 2 aromatic carbocycles. The lowest BCUT2D eigenvalue weighted by atomic mass is 9.97. The Hall–Kier alpha value is -2.53. The van der Waals surface area contributed by atoms with Crippen molar-refractivity contribution < 1.29 is 9.53 Å². The fraction of sp³-hybridized carbons (Fsp3) is 0.594. The highest BCUT2D eigenvalue weighted by molar-refractivity contribution is 5.82. The molecule has 0 aromatic heterocycles. The van der Waals surface area contributed by atoms with Crippen molar-refractivity contribution >= 4 is 11.6 Å². The van der Waals surface area contributed by atoms with E-state index in [0.717, 1.165) is 51.1 Å². The number of carbonyl (C=O) groups is 1. The van der Waals surface area contributed by atoms with Crippen LogP contribution in [0.1, 0.15) is 72.8 Å². The maximum atomic E-state index is 13.4. The van der Waals surface area contributed by atoms with Gasteiger partial charge < -0.3 is 19.9 Å². The van der Waals surface area contributed by atoms with Gasteiger partial charge in [-0.25, -0.2) is 0 Å². The summed E-state index contributed by atoms with van der Waals surface area (Å²) in [6.45, 7) is 16.5.